The van der Waals surface area contributed by atoms with E-state index >= 15 is 0 Å². The van der Waals surface area contributed by atoms with E-state index in [9.17, 15) is 14.7 Å². The van der Waals surface area contributed by atoms with Crippen molar-refractivity contribution in [2.45, 2.75) is 52.5 Å². The number of unbranched alkanes of at least 4 members (excludes halogenated alkanes) is 1. The monoisotopic (exact) mass is 520 g/mol. The second-order valence-corrected chi connectivity index (χ2v) is 10.1. The predicted molar refractivity (Wildman–Crippen MR) is 148 cm³/mol. The zero-order chi connectivity index (χ0) is 27.1. The highest BCUT2D eigenvalue weighted by Gasteiger charge is 2.45. The van der Waals surface area contributed by atoms with Gasteiger partial charge in [0.05, 0.1) is 31.4 Å². The van der Waals surface area contributed by atoms with Gasteiger partial charge in [0, 0.05) is 31.7 Å². The maximum atomic E-state index is 13.4. The number of ketones is 1. The van der Waals surface area contributed by atoms with Crippen LogP contribution in [0.3, 0.4) is 0 Å². The third-order valence-electron chi connectivity index (χ3n) is 7.42. The summed E-state index contributed by atoms with van der Waals surface area (Å²) in [6, 6.07) is 12.7. The van der Waals surface area contributed by atoms with Crippen molar-refractivity contribution < 1.29 is 24.2 Å². The average Bonchev–Trinajstić information content (AvgIpc) is 3.19. The Hall–Kier alpha value is -3.16. The number of hydrogen-bond acceptors (Lipinski definition) is 6. The summed E-state index contributed by atoms with van der Waals surface area (Å²) in [4.78, 5) is 30.6. The van der Waals surface area contributed by atoms with Crippen LogP contribution in [0.2, 0.25) is 0 Å². The minimum atomic E-state index is -0.639. The van der Waals surface area contributed by atoms with Crippen LogP contribution in [0.5, 0.6) is 5.75 Å². The maximum Gasteiger partial charge on any atom is 0.295 e. The number of likely N-dealkylation sites (tertiary alicyclic amines) is 1. The summed E-state index contributed by atoms with van der Waals surface area (Å²) in [6.45, 7) is 11.2. The van der Waals surface area contributed by atoms with E-state index in [1.165, 1.54) is 5.56 Å². The number of carbonyl (C=O) groups is 2. The summed E-state index contributed by atoms with van der Waals surface area (Å²) in [6.07, 6.45) is 3.64. The molecule has 0 spiro atoms. The van der Waals surface area contributed by atoms with Crippen molar-refractivity contribution in [2.24, 2.45) is 0 Å². The van der Waals surface area contributed by atoms with Crippen molar-refractivity contribution in [1.82, 2.24) is 9.80 Å². The number of rotatable bonds is 11. The topological polar surface area (TPSA) is 79.3 Å². The number of aliphatic hydroxyl groups excluding tert-OH is 1. The van der Waals surface area contributed by atoms with Crippen molar-refractivity contribution in [3.63, 3.8) is 0 Å². The minimum absolute atomic E-state index is 0.143. The highest BCUT2D eigenvalue weighted by molar-refractivity contribution is 6.46. The van der Waals surface area contributed by atoms with E-state index in [-0.39, 0.29) is 11.3 Å². The van der Waals surface area contributed by atoms with Gasteiger partial charge in [0.15, 0.2) is 0 Å². The summed E-state index contributed by atoms with van der Waals surface area (Å²) in [5.74, 6) is -0.592. The van der Waals surface area contributed by atoms with Crippen LogP contribution in [0.15, 0.2) is 48.0 Å². The van der Waals surface area contributed by atoms with E-state index < -0.39 is 17.7 Å². The van der Waals surface area contributed by atoms with Gasteiger partial charge in [-0.3, -0.25) is 14.5 Å². The molecule has 2 heterocycles. The largest absolute Gasteiger partial charge is 0.507 e. The summed E-state index contributed by atoms with van der Waals surface area (Å²) in [5.41, 5.74) is 3.52. The minimum Gasteiger partial charge on any atom is -0.507 e. The molecule has 2 aromatic rings. The van der Waals surface area contributed by atoms with Crippen LogP contribution in [0.1, 0.15) is 61.4 Å². The highest BCUT2D eigenvalue weighted by atomic mass is 16.5. The van der Waals surface area contributed by atoms with E-state index in [4.69, 9.17) is 9.47 Å². The molecule has 38 heavy (non-hydrogen) atoms. The van der Waals surface area contributed by atoms with Crippen LogP contribution in [-0.4, -0.2) is 72.6 Å². The molecule has 1 N–H and O–H groups in total. The normalized spacial score (nSPS) is 19.8. The summed E-state index contributed by atoms with van der Waals surface area (Å²) < 4.78 is 11.3. The maximum absolute atomic E-state index is 13.4. The zero-order valence-electron chi connectivity index (χ0n) is 22.9. The molecular formula is C31H40N2O5. The fourth-order valence-corrected chi connectivity index (χ4v) is 5.12. The predicted octanol–water partition coefficient (Wildman–Crippen LogP) is 4.88. The quantitative estimate of drug-likeness (QED) is 0.197. The molecule has 7 nitrogen and oxygen atoms in total. The van der Waals surface area contributed by atoms with Crippen LogP contribution < -0.4 is 4.74 Å². The number of hydrogen-bond donors (Lipinski definition) is 1. The van der Waals surface area contributed by atoms with Crippen LogP contribution in [0.25, 0.3) is 5.76 Å². The SMILES string of the molecule is CCCCOc1ccc(C(O)=C2C(=O)C(=O)N(CCCN3CCOCC3)C2c2ccc(CC)cc2)cc1C. The third-order valence-corrected chi connectivity index (χ3v) is 7.42. The number of aliphatic hydroxyl groups is 1. The Morgan fingerprint density at radius 3 is 2.42 bits per heavy atom. The summed E-state index contributed by atoms with van der Waals surface area (Å²) in [5, 5.41) is 11.4. The Bertz CT molecular complexity index is 1150. The Morgan fingerprint density at radius 1 is 1.03 bits per heavy atom. The first kappa shape index (κ1) is 27.9. The molecule has 0 saturated carbocycles. The van der Waals surface area contributed by atoms with Gasteiger partial charge in [-0.05, 0) is 61.1 Å². The second-order valence-electron chi connectivity index (χ2n) is 10.1. The molecule has 2 aliphatic rings. The summed E-state index contributed by atoms with van der Waals surface area (Å²) >= 11 is 0. The first-order valence-corrected chi connectivity index (χ1v) is 13.9. The average molecular weight is 521 g/mol. The lowest BCUT2D eigenvalue weighted by Gasteiger charge is -2.29. The van der Waals surface area contributed by atoms with Crippen molar-refractivity contribution in [1.29, 1.82) is 0 Å². The molecule has 2 aromatic carbocycles. The fraction of sp³-hybridized carbons (Fsp3) is 0.484. The van der Waals surface area contributed by atoms with Crippen molar-refractivity contribution in [2.75, 3.05) is 46.0 Å². The number of ether oxygens (including phenoxy) is 2. The number of nitrogens with zero attached hydrogens (tertiary/aromatic N) is 2. The van der Waals surface area contributed by atoms with Gasteiger partial charge in [0.25, 0.3) is 11.7 Å². The molecule has 0 radical (unpaired) electrons. The molecule has 0 aromatic heterocycles. The highest BCUT2D eigenvalue weighted by Crippen LogP contribution is 2.40. The molecule has 7 heteroatoms. The van der Waals surface area contributed by atoms with Gasteiger partial charge in [-0.25, -0.2) is 0 Å². The van der Waals surface area contributed by atoms with Gasteiger partial charge in [-0.2, -0.15) is 0 Å². The lowest BCUT2D eigenvalue weighted by molar-refractivity contribution is -0.140. The van der Waals surface area contributed by atoms with Gasteiger partial charge in [-0.1, -0.05) is 44.5 Å². The number of Topliss-reactive ketones (excluding diaryl/α,β-unsaturated/α-hetero) is 1. The Labute approximate surface area is 226 Å². The van der Waals surface area contributed by atoms with E-state index in [0.717, 1.165) is 75.4 Å². The van der Waals surface area contributed by atoms with Gasteiger partial charge < -0.3 is 19.5 Å². The molecule has 0 aliphatic carbocycles. The zero-order valence-corrected chi connectivity index (χ0v) is 22.9. The van der Waals surface area contributed by atoms with E-state index in [0.29, 0.717) is 18.7 Å². The molecule has 2 aliphatic heterocycles. The van der Waals surface area contributed by atoms with Crippen LogP contribution in [-0.2, 0) is 20.7 Å². The van der Waals surface area contributed by atoms with Gasteiger partial charge >= 0.3 is 0 Å². The number of benzene rings is 2. The Balaban J connectivity index is 1.65. The molecule has 1 unspecified atom stereocenters. The third kappa shape index (κ3) is 6.27. The van der Waals surface area contributed by atoms with Crippen LogP contribution >= 0.6 is 0 Å². The molecule has 0 bridgehead atoms. The van der Waals surface area contributed by atoms with Crippen molar-refractivity contribution >= 4 is 17.4 Å². The molecule has 2 fully saturated rings. The lowest BCUT2D eigenvalue weighted by Crippen LogP contribution is -2.38. The molecular weight excluding hydrogens is 480 g/mol. The van der Waals surface area contributed by atoms with Gasteiger partial charge in [0.2, 0.25) is 0 Å². The Morgan fingerprint density at radius 2 is 1.76 bits per heavy atom. The van der Waals surface area contributed by atoms with E-state index in [1.54, 1.807) is 11.0 Å². The first-order chi connectivity index (χ1) is 18.4. The van der Waals surface area contributed by atoms with E-state index in [1.807, 2.05) is 43.3 Å². The lowest BCUT2D eigenvalue weighted by atomic mass is 9.94. The number of morpholine rings is 1. The fourth-order valence-electron chi connectivity index (χ4n) is 5.12. The van der Waals surface area contributed by atoms with Gasteiger partial charge in [0.1, 0.15) is 11.5 Å². The molecule has 2 saturated heterocycles. The standard InChI is InChI=1S/C31H40N2O5/c1-4-6-18-38-26-13-12-25(21-22(26)3)29(34)27-28(24-10-8-23(5-2)9-11-24)33(31(36)30(27)35)15-7-14-32-16-19-37-20-17-32/h8-13,21,28,34H,4-7,14-20H2,1-3H3. The molecule has 4 rings (SSSR count). The summed E-state index contributed by atoms with van der Waals surface area (Å²) in [7, 11) is 0. The van der Waals surface area contributed by atoms with Crippen molar-refractivity contribution in [3.05, 3.63) is 70.3 Å². The van der Waals surface area contributed by atoms with Gasteiger partial charge in [-0.15, -0.1) is 0 Å². The van der Waals surface area contributed by atoms with Crippen molar-refractivity contribution in [3.8, 4) is 5.75 Å². The Kier molecular flexibility index (Phi) is 9.58. The molecule has 204 valence electrons. The number of amides is 1. The number of carbonyl (C=O) groups excluding carboxylic acids is 2. The van der Waals surface area contributed by atoms with E-state index in [2.05, 4.69) is 18.7 Å². The second kappa shape index (κ2) is 13.1. The first-order valence-electron chi connectivity index (χ1n) is 13.9. The molecule has 1 amide bonds. The van der Waals surface area contributed by atoms with Crippen LogP contribution in [0, 0.1) is 6.92 Å². The number of aryl methyl sites for hydroxylation is 2. The smallest absolute Gasteiger partial charge is 0.295 e. The van der Waals surface area contributed by atoms with Crippen LogP contribution in [0.4, 0.5) is 0 Å². The molecule has 1 atom stereocenters.